The molecule has 0 radical (unpaired) electrons. The molecule has 0 atom stereocenters. The Bertz CT molecular complexity index is 545. The van der Waals surface area contributed by atoms with Crippen LogP contribution in [0, 0.1) is 10.1 Å². The molecule has 0 heterocycles. The third-order valence-corrected chi connectivity index (χ3v) is 4.52. The van der Waals surface area contributed by atoms with Crippen molar-refractivity contribution in [1.82, 2.24) is 0 Å². The van der Waals surface area contributed by atoms with Gasteiger partial charge in [-0.3, -0.25) is 10.1 Å². The van der Waals surface area contributed by atoms with Crippen molar-refractivity contribution in [3.05, 3.63) is 32.8 Å². The fourth-order valence-corrected chi connectivity index (χ4v) is 2.36. The highest BCUT2D eigenvalue weighted by atomic mass is 79.9. The number of halogens is 1. The molecule has 0 saturated carbocycles. The molecule has 0 amide bonds. The van der Waals surface area contributed by atoms with Gasteiger partial charge < -0.3 is 5.32 Å². The third-order valence-electron chi connectivity index (χ3n) is 2.32. The van der Waals surface area contributed by atoms with E-state index in [1.807, 2.05) is 0 Å². The van der Waals surface area contributed by atoms with Crippen LogP contribution in [0.1, 0.15) is 6.92 Å². The van der Waals surface area contributed by atoms with E-state index in [0.29, 0.717) is 10.2 Å². The highest BCUT2D eigenvalue weighted by Gasteiger charge is 2.14. The molecule has 1 aromatic carbocycles. The van der Waals surface area contributed by atoms with E-state index in [1.165, 1.54) is 6.07 Å². The van der Waals surface area contributed by atoms with Crippen LogP contribution in [-0.4, -0.2) is 31.4 Å². The summed E-state index contributed by atoms with van der Waals surface area (Å²) in [6, 6.07) is 4.48. The minimum atomic E-state index is -3.08. The van der Waals surface area contributed by atoms with Crippen molar-refractivity contribution >= 4 is 37.1 Å². The summed E-state index contributed by atoms with van der Waals surface area (Å²) >= 11 is 3.21. The number of benzene rings is 1. The van der Waals surface area contributed by atoms with Gasteiger partial charge in [0.15, 0.2) is 9.84 Å². The number of nitrogens with one attached hydrogen (secondary N) is 1. The van der Waals surface area contributed by atoms with Crippen LogP contribution in [0.15, 0.2) is 22.7 Å². The molecule has 0 fully saturated rings. The number of nitro groups is 1. The molecule has 0 bridgehead atoms. The van der Waals surface area contributed by atoms with Gasteiger partial charge in [0.2, 0.25) is 0 Å². The predicted molar refractivity (Wildman–Crippen MR) is 73.6 cm³/mol. The lowest BCUT2D eigenvalue weighted by molar-refractivity contribution is -0.384. The van der Waals surface area contributed by atoms with E-state index in [4.69, 9.17) is 0 Å². The number of hydrogen-bond donors (Lipinski definition) is 1. The fraction of sp³-hybridized carbons (Fsp3) is 0.400. The first-order valence-corrected chi connectivity index (χ1v) is 7.85. The molecule has 6 nitrogen and oxygen atoms in total. The summed E-state index contributed by atoms with van der Waals surface area (Å²) in [4.78, 5) is 10.3. The topological polar surface area (TPSA) is 89.3 Å². The van der Waals surface area contributed by atoms with Crippen molar-refractivity contribution < 1.29 is 13.3 Å². The van der Waals surface area contributed by atoms with Gasteiger partial charge in [-0.05, 0) is 12.1 Å². The molecule has 18 heavy (non-hydrogen) atoms. The Labute approximate surface area is 114 Å². The highest BCUT2D eigenvalue weighted by Crippen LogP contribution is 2.27. The Hall–Kier alpha value is -1.15. The van der Waals surface area contributed by atoms with Gasteiger partial charge in [0, 0.05) is 22.8 Å². The van der Waals surface area contributed by atoms with E-state index in [1.54, 1.807) is 19.1 Å². The van der Waals surface area contributed by atoms with Crippen LogP contribution >= 0.6 is 15.9 Å². The van der Waals surface area contributed by atoms with Gasteiger partial charge in [0.1, 0.15) is 5.69 Å². The van der Waals surface area contributed by atoms with Gasteiger partial charge in [0.05, 0.1) is 10.7 Å². The molecule has 0 aliphatic heterocycles. The number of rotatable bonds is 6. The first-order chi connectivity index (χ1) is 8.35. The molecular weight excluding hydrogens is 324 g/mol. The van der Waals surface area contributed by atoms with Crippen molar-refractivity contribution in [2.75, 3.05) is 23.4 Å². The molecule has 0 spiro atoms. The van der Waals surface area contributed by atoms with Crippen LogP contribution in [0.4, 0.5) is 11.4 Å². The molecule has 0 aromatic heterocycles. The maximum atomic E-state index is 11.3. The second-order valence-corrected chi connectivity index (χ2v) is 6.97. The molecule has 100 valence electrons. The largest absolute Gasteiger partial charge is 0.378 e. The minimum Gasteiger partial charge on any atom is -0.378 e. The number of hydrogen-bond acceptors (Lipinski definition) is 5. The van der Waals surface area contributed by atoms with Crippen LogP contribution < -0.4 is 5.32 Å². The predicted octanol–water partition coefficient (Wildman–Crippen LogP) is 2.20. The second kappa shape index (κ2) is 6.14. The van der Waals surface area contributed by atoms with E-state index in [-0.39, 0.29) is 23.7 Å². The fourth-order valence-electron chi connectivity index (χ4n) is 1.29. The Kier molecular flexibility index (Phi) is 5.09. The third kappa shape index (κ3) is 4.26. The summed E-state index contributed by atoms with van der Waals surface area (Å²) in [5, 5.41) is 13.6. The van der Waals surface area contributed by atoms with Gasteiger partial charge in [-0.15, -0.1) is 0 Å². The van der Waals surface area contributed by atoms with Crippen molar-refractivity contribution in [1.29, 1.82) is 0 Å². The summed E-state index contributed by atoms with van der Waals surface area (Å²) in [5.74, 6) is 0.0163. The second-order valence-electron chi connectivity index (χ2n) is 3.58. The van der Waals surface area contributed by atoms with Gasteiger partial charge >= 0.3 is 0 Å². The van der Waals surface area contributed by atoms with E-state index in [2.05, 4.69) is 21.2 Å². The Morgan fingerprint density at radius 3 is 2.67 bits per heavy atom. The molecule has 1 rings (SSSR count). The summed E-state index contributed by atoms with van der Waals surface area (Å²) in [6.07, 6.45) is 0. The number of sulfone groups is 1. The van der Waals surface area contributed by atoms with Crippen molar-refractivity contribution in [3.8, 4) is 0 Å². The van der Waals surface area contributed by atoms with E-state index in [0.717, 1.165) is 0 Å². The van der Waals surface area contributed by atoms with Crippen molar-refractivity contribution in [2.24, 2.45) is 0 Å². The highest BCUT2D eigenvalue weighted by molar-refractivity contribution is 9.10. The number of anilines is 1. The van der Waals surface area contributed by atoms with Gasteiger partial charge in [-0.25, -0.2) is 8.42 Å². The Morgan fingerprint density at radius 1 is 1.44 bits per heavy atom. The zero-order valence-electron chi connectivity index (χ0n) is 9.72. The summed E-state index contributed by atoms with van der Waals surface area (Å²) in [6.45, 7) is 1.71. The normalized spacial score (nSPS) is 11.2. The lowest BCUT2D eigenvalue weighted by Crippen LogP contribution is -2.17. The summed E-state index contributed by atoms with van der Waals surface area (Å²) in [7, 11) is -3.08. The summed E-state index contributed by atoms with van der Waals surface area (Å²) < 4.78 is 23.3. The van der Waals surface area contributed by atoms with Crippen molar-refractivity contribution in [2.45, 2.75) is 6.92 Å². The number of nitro benzene ring substituents is 1. The molecule has 1 N–H and O–H groups in total. The minimum absolute atomic E-state index is 0.0484. The first-order valence-electron chi connectivity index (χ1n) is 5.24. The smallest absolute Gasteiger partial charge is 0.292 e. The molecule has 0 unspecified atom stereocenters. The average Bonchev–Trinajstić information content (AvgIpc) is 2.28. The molecular formula is C10H13BrN2O4S. The van der Waals surface area contributed by atoms with Crippen LogP contribution in [0.5, 0.6) is 0 Å². The molecule has 0 saturated heterocycles. The van der Waals surface area contributed by atoms with Crippen LogP contribution in [0.2, 0.25) is 0 Å². The SMILES string of the molecule is CCS(=O)(=O)CCNc1cc(Br)ccc1[N+](=O)[O-]. The molecule has 8 heteroatoms. The van der Waals surface area contributed by atoms with E-state index >= 15 is 0 Å². The van der Waals surface area contributed by atoms with Crippen molar-refractivity contribution in [3.63, 3.8) is 0 Å². The monoisotopic (exact) mass is 336 g/mol. The van der Waals surface area contributed by atoms with Gasteiger partial charge in [-0.2, -0.15) is 0 Å². The standard InChI is InChI=1S/C10H13BrN2O4S/c1-2-18(16,17)6-5-12-9-7-8(11)3-4-10(9)13(14)15/h3-4,7,12H,2,5-6H2,1H3. The van der Waals surface area contributed by atoms with Crippen LogP contribution in [-0.2, 0) is 9.84 Å². The zero-order valence-corrected chi connectivity index (χ0v) is 12.1. The van der Waals surface area contributed by atoms with Crippen LogP contribution in [0.25, 0.3) is 0 Å². The van der Waals surface area contributed by atoms with Gasteiger partial charge in [-0.1, -0.05) is 22.9 Å². The van der Waals surface area contributed by atoms with Crippen LogP contribution in [0.3, 0.4) is 0 Å². The molecule has 1 aromatic rings. The molecule has 0 aliphatic rings. The van der Waals surface area contributed by atoms with E-state index < -0.39 is 14.8 Å². The Morgan fingerprint density at radius 2 is 2.11 bits per heavy atom. The Balaban J connectivity index is 2.78. The lowest BCUT2D eigenvalue weighted by atomic mass is 10.2. The number of nitrogens with zero attached hydrogens (tertiary/aromatic N) is 1. The molecule has 0 aliphatic carbocycles. The average molecular weight is 337 g/mol. The van der Waals surface area contributed by atoms with E-state index in [9.17, 15) is 18.5 Å². The zero-order chi connectivity index (χ0) is 13.8. The first kappa shape index (κ1) is 14.9. The maximum Gasteiger partial charge on any atom is 0.292 e. The van der Waals surface area contributed by atoms with Gasteiger partial charge in [0.25, 0.3) is 5.69 Å². The maximum absolute atomic E-state index is 11.3. The lowest BCUT2D eigenvalue weighted by Gasteiger charge is -2.07. The summed E-state index contributed by atoms with van der Waals surface area (Å²) in [5.41, 5.74) is 0.229. The quantitative estimate of drug-likeness (QED) is 0.635.